The van der Waals surface area contributed by atoms with Crippen molar-refractivity contribution in [3.05, 3.63) is 102 Å². The lowest BCUT2D eigenvalue weighted by Crippen LogP contribution is -1.94. The Hall–Kier alpha value is -3.28. The quantitative estimate of drug-likeness (QED) is 0.215. The van der Waals surface area contributed by atoms with Gasteiger partial charge in [0.15, 0.2) is 23.3 Å². The molecule has 3 aromatic rings. The van der Waals surface area contributed by atoms with E-state index in [1.54, 1.807) is 0 Å². The van der Waals surface area contributed by atoms with Crippen LogP contribution in [0.3, 0.4) is 0 Å². The smallest absolute Gasteiger partial charge is 0.194 e. The maximum atomic E-state index is 14.6. The maximum absolute atomic E-state index is 14.6. The molecule has 0 N–H and O–H groups in total. The predicted octanol–water partition coefficient (Wildman–Crippen LogP) is 8.15. The van der Waals surface area contributed by atoms with E-state index in [1.807, 2.05) is 0 Å². The Kier molecular flexibility index (Phi) is 6.45. The van der Waals surface area contributed by atoms with Gasteiger partial charge in [-0.05, 0) is 41.3 Å². The highest BCUT2D eigenvalue weighted by molar-refractivity contribution is 5.72. The van der Waals surface area contributed by atoms with E-state index < -0.39 is 34.9 Å². The van der Waals surface area contributed by atoms with Gasteiger partial charge in [-0.2, -0.15) is 0 Å². The Labute approximate surface area is 169 Å². The first-order valence-corrected chi connectivity index (χ1v) is 9.02. The van der Waals surface area contributed by atoms with E-state index >= 15 is 0 Å². The van der Waals surface area contributed by atoms with Crippen molar-refractivity contribution >= 4 is 5.83 Å². The molecule has 0 amide bonds. The monoisotopic (exact) mass is 418 g/mol. The van der Waals surface area contributed by atoms with Crippen LogP contribution in [0.2, 0.25) is 0 Å². The molecule has 154 valence electrons. The van der Waals surface area contributed by atoms with Gasteiger partial charge in [0.1, 0.15) is 11.6 Å². The first-order chi connectivity index (χ1) is 14.3. The molecule has 0 fully saturated rings. The Bertz CT molecular complexity index is 1090. The third-order valence-electron chi connectivity index (χ3n) is 4.54. The van der Waals surface area contributed by atoms with Crippen LogP contribution in [-0.2, 0) is 0 Å². The summed E-state index contributed by atoms with van der Waals surface area (Å²) in [5, 5.41) is 0. The van der Waals surface area contributed by atoms with Crippen LogP contribution in [0.5, 0.6) is 0 Å². The summed E-state index contributed by atoms with van der Waals surface area (Å²) >= 11 is 0. The SMILES string of the molecule is C=CCCC(F)=C(F)c1ccc(-c2ccc(-c3cc(F)c(F)c(F)c3)c(F)c2)cc1. The highest BCUT2D eigenvalue weighted by Gasteiger charge is 2.15. The second-order valence-electron chi connectivity index (χ2n) is 6.57. The van der Waals surface area contributed by atoms with Crippen molar-refractivity contribution in [2.24, 2.45) is 0 Å². The Balaban J connectivity index is 1.89. The number of halogens is 6. The fourth-order valence-corrected chi connectivity index (χ4v) is 2.94. The molecular weight excluding hydrogens is 402 g/mol. The van der Waals surface area contributed by atoms with Crippen molar-refractivity contribution in [2.75, 3.05) is 0 Å². The van der Waals surface area contributed by atoms with Crippen LogP contribution in [0.25, 0.3) is 28.1 Å². The van der Waals surface area contributed by atoms with Gasteiger partial charge in [-0.15, -0.1) is 6.58 Å². The van der Waals surface area contributed by atoms with Gasteiger partial charge in [-0.3, -0.25) is 0 Å². The molecule has 6 heteroatoms. The minimum Gasteiger partial charge on any atom is -0.209 e. The van der Waals surface area contributed by atoms with Crippen LogP contribution < -0.4 is 0 Å². The summed E-state index contributed by atoms with van der Waals surface area (Å²) in [5.74, 6) is -7.08. The average Bonchev–Trinajstić information content (AvgIpc) is 2.75. The fourth-order valence-electron chi connectivity index (χ4n) is 2.94. The highest BCUT2D eigenvalue weighted by atomic mass is 19.2. The summed E-state index contributed by atoms with van der Waals surface area (Å²) in [5.41, 5.74) is 0.747. The fraction of sp³-hybridized carbons (Fsp3) is 0.0833. The lowest BCUT2D eigenvalue weighted by Gasteiger charge is -2.09. The van der Waals surface area contributed by atoms with Gasteiger partial charge in [0, 0.05) is 17.5 Å². The normalized spacial score (nSPS) is 11.9. The number of rotatable bonds is 6. The third kappa shape index (κ3) is 4.48. The first kappa shape index (κ1) is 21.4. The Morgan fingerprint density at radius 2 is 1.30 bits per heavy atom. The molecule has 3 rings (SSSR count). The van der Waals surface area contributed by atoms with Crippen LogP contribution in [0, 0.1) is 23.3 Å². The van der Waals surface area contributed by atoms with Crippen LogP contribution in [-0.4, -0.2) is 0 Å². The maximum Gasteiger partial charge on any atom is 0.194 e. The molecule has 0 nitrogen and oxygen atoms in total. The minimum absolute atomic E-state index is 0.0506. The Morgan fingerprint density at radius 3 is 1.87 bits per heavy atom. The molecule has 3 aromatic carbocycles. The van der Waals surface area contributed by atoms with Crippen molar-refractivity contribution < 1.29 is 26.3 Å². The number of allylic oxidation sites excluding steroid dienone is 2. The molecule has 0 aromatic heterocycles. The summed E-state index contributed by atoms with van der Waals surface area (Å²) in [6.45, 7) is 3.46. The standard InChI is InChI=1S/C24H16F6/c1-2-3-4-19(25)23(29)15-7-5-14(6-8-15)16-9-10-18(20(26)11-16)17-12-21(27)24(30)22(28)13-17/h2,5-13H,1,3-4H2. The van der Waals surface area contributed by atoms with E-state index in [2.05, 4.69) is 6.58 Å². The molecule has 30 heavy (non-hydrogen) atoms. The summed E-state index contributed by atoms with van der Waals surface area (Å²) in [7, 11) is 0. The van der Waals surface area contributed by atoms with E-state index in [0.717, 1.165) is 6.07 Å². The highest BCUT2D eigenvalue weighted by Crippen LogP contribution is 2.31. The van der Waals surface area contributed by atoms with Gasteiger partial charge in [-0.25, -0.2) is 26.3 Å². The van der Waals surface area contributed by atoms with Gasteiger partial charge in [0.2, 0.25) is 0 Å². The molecule has 0 aliphatic rings. The summed E-state index contributed by atoms with van der Waals surface area (Å²) in [6, 6.07) is 11.1. The zero-order valence-electron chi connectivity index (χ0n) is 15.7. The average molecular weight is 418 g/mol. The number of benzene rings is 3. The Morgan fingerprint density at radius 1 is 0.733 bits per heavy atom. The van der Waals surface area contributed by atoms with Gasteiger partial charge in [-0.1, -0.05) is 42.5 Å². The van der Waals surface area contributed by atoms with E-state index in [1.165, 1.54) is 42.5 Å². The van der Waals surface area contributed by atoms with Crippen LogP contribution in [0.4, 0.5) is 26.3 Å². The molecule has 0 bridgehead atoms. The van der Waals surface area contributed by atoms with Crippen molar-refractivity contribution in [2.45, 2.75) is 12.8 Å². The molecular formula is C24H16F6. The predicted molar refractivity (Wildman–Crippen MR) is 106 cm³/mol. The van der Waals surface area contributed by atoms with Gasteiger partial charge < -0.3 is 0 Å². The van der Waals surface area contributed by atoms with E-state index in [-0.39, 0.29) is 23.1 Å². The lowest BCUT2D eigenvalue weighted by molar-refractivity contribution is 0.447. The second kappa shape index (κ2) is 9.03. The zero-order valence-corrected chi connectivity index (χ0v) is 15.7. The number of hydrogen-bond donors (Lipinski definition) is 0. The topological polar surface area (TPSA) is 0 Å². The third-order valence-corrected chi connectivity index (χ3v) is 4.54. The molecule has 0 aliphatic heterocycles. The van der Waals surface area contributed by atoms with Crippen molar-refractivity contribution in [1.29, 1.82) is 0 Å². The van der Waals surface area contributed by atoms with Gasteiger partial charge in [0.25, 0.3) is 0 Å². The summed E-state index contributed by atoms with van der Waals surface area (Å²) in [6.07, 6.45) is 1.71. The largest absolute Gasteiger partial charge is 0.209 e. The molecule has 0 aliphatic carbocycles. The van der Waals surface area contributed by atoms with Crippen molar-refractivity contribution in [3.63, 3.8) is 0 Å². The number of hydrogen-bond acceptors (Lipinski definition) is 0. The van der Waals surface area contributed by atoms with E-state index in [4.69, 9.17) is 0 Å². The molecule has 0 unspecified atom stereocenters. The second-order valence-corrected chi connectivity index (χ2v) is 6.57. The first-order valence-electron chi connectivity index (χ1n) is 9.02. The van der Waals surface area contributed by atoms with Crippen molar-refractivity contribution in [1.82, 2.24) is 0 Å². The molecule has 0 atom stereocenters. The van der Waals surface area contributed by atoms with Gasteiger partial charge in [0.05, 0.1) is 0 Å². The zero-order chi connectivity index (χ0) is 21.8. The van der Waals surface area contributed by atoms with E-state index in [0.29, 0.717) is 29.7 Å². The summed E-state index contributed by atoms with van der Waals surface area (Å²) < 4.78 is 82.4. The van der Waals surface area contributed by atoms with Crippen molar-refractivity contribution in [3.8, 4) is 22.3 Å². The van der Waals surface area contributed by atoms with Crippen LogP contribution >= 0.6 is 0 Å². The van der Waals surface area contributed by atoms with Gasteiger partial charge >= 0.3 is 0 Å². The lowest BCUT2D eigenvalue weighted by atomic mass is 9.98. The molecule has 0 saturated heterocycles. The summed E-state index contributed by atoms with van der Waals surface area (Å²) in [4.78, 5) is 0. The van der Waals surface area contributed by atoms with Crippen LogP contribution in [0.1, 0.15) is 18.4 Å². The molecule has 0 heterocycles. The minimum atomic E-state index is -1.63. The van der Waals surface area contributed by atoms with E-state index in [9.17, 15) is 26.3 Å². The molecule has 0 radical (unpaired) electrons. The molecule has 0 spiro atoms. The molecule has 0 saturated carbocycles. The van der Waals surface area contributed by atoms with Crippen LogP contribution in [0.15, 0.2) is 73.1 Å².